The van der Waals surface area contributed by atoms with E-state index in [9.17, 15) is 9.59 Å². The molecule has 0 unspecified atom stereocenters. The van der Waals surface area contributed by atoms with E-state index in [-0.39, 0.29) is 24.8 Å². The quantitative estimate of drug-likeness (QED) is 0.663. The summed E-state index contributed by atoms with van der Waals surface area (Å²) in [7, 11) is 0. The van der Waals surface area contributed by atoms with Crippen LogP contribution in [0.5, 0.6) is 0 Å². The number of aryl methyl sites for hydroxylation is 1. The van der Waals surface area contributed by atoms with Crippen molar-refractivity contribution in [3.8, 4) is 0 Å². The number of hydrogen-bond acceptors (Lipinski definition) is 5. The number of nitrogens with zero attached hydrogens (tertiary/aromatic N) is 2. The number of carbonyl (C=O) groups excluding carboxylic acids is 2. The van der Waals surface area contributed by atoms with Crippen LogP contribution in [0.25, 0.3) is 10.9 Å². The van der Waals surface area contributed by atoms with Crippen LogP contribution in [0, 0.1) is 0 Å². The summed E-state index contributed by atoms with van der Waals surface area (Å²) in [6, 6.07) is 8.26. The van der Waals surface area contributed by atoms with Gasteiger partial charge >= 0.3 is 5.97 Å². The molecule has 1 aliphatic carbocycles. The predicted molar refractivity (Wildman–Crippen MR) is 105 cm³/mol. The van der Waals surface area contributed by atoms with Crippen molar-refractivity contribution in [2.75, 3.05) is 11.9 Å². The van der Waals surface area contributed by atoms with E-state index in [4.69, 9.17) is 4.74 Å². The lowest BCUT2D eigenvalue weighted by molar-refractivity contribution is -0.142. The van der Waals surface area contributed by atoms with Gasteiger partial charge in [-0.3, -0.25) is 9.59 Å². The molecular weight excluding hydrogens is 362 g/mol. The maximum Gasteiger partial charge on any atom is 0.311 e. The van der Waals surface area contributed by atoms with Crippen LogP contribution >= 0.6 is 11.3 Å². The number of para-hydroxylation sites is 1. The highest BCUT2D eigenvalue weighted by Gasteiger charge is 2.22. The van der Waals surface area contributed by atoms with Crippen LogP contribution in [-0.2, 0) is 40.1 Å². The van der Waals surface area contributed by atoms with Gasteiger partial charge in [-0.05, 0) is 37.8 Å². The molecule has 1 aromatic carbocycles. The molecule has 0 fully saturated rings. The van der Waals surface area contributed by atoms with Crippen LogP contribution in [0.15, 0.2) is 29.6 Å². The summed E-state index contributed by atoms with van der Waals surface area (Å²) in [6.45, 7) is 2.39. The standard InChI is InChI=1S/C20H21N3O3S/c1-2-26-19(25)10-13-12-27-20(21-13)22-18(24)11-23-16-8-4-3-6-14(16)15-7-5-9-17(15)23/h3-4,6,8,12H,2,5,7,9-11H2,1H3,(H,21,22,24). The Morgan fingerprint density at radius 3 is 3.00 bits per heavy atom. The molecule has 1 aliphatic rings. The second-order valence-electron chi connectivity index (χ2n) is 6.56. The number of nitrogens with one attached hydrogen (secondary N) is 1. The van der Waals surface area contributed by atoms with E-state index in [1.165, 1.54) is 28.0 Å². The van der Waals surface area contributed by atoms with E-state index in [2.05, 4.69) is 27.0 Å². The minimum atomic E-state index is -0.310. The summed E-state index contributed by atoms with van der Waals surface area (Å²) >= 11 is 1.32. The molecule has 27 heavy (non-hydrogen) atoms. The summed E-state index contributed by atoms with van der Waals surface area (Å²) in [5.41, 5.74) is 4.37. The van der Waals surface area contributed by atoms with Gasteiger partial charge in [0.2, 0.25) is 5.91 Å². The molecule has 2 aromatic heterocycles. The van der Waals surface area contributed by atoms with E-state index in [1.54, 1.807) is 12.3 Å². The fourth-order valence-electron chi connectivity index (χ4n) is 3.71. The summed E-state index contributed by atoms with van der Waals surface area (Å²) in [6.07, 6.45) is 3.35. The van der Waals surface area contributed by atoms with E-state index in [0.717, 1.165) is 24.8 Å². The summed E-state index contributed by atoms with van der Waals surface area (Å²) in [5, 5.41) is 6.39. The Balaban J connectivity index is 1.47. The van der Waals surface area contributed by atoms with Crippen molar-refractivity contribution < 1.29 is 14.3 Å². The van der Waals surface area contributed by atoms with Gasteiger partial charge in [-0.1, -0.05) is 18.2 Å². The molecule has 0 spiro atoms. The van der Waals surface area contributed by atoms with Crippen LogP contribution in [0.1, 0.15) is 30.3 Å². The van der Waals surface area contributed by atoms with Crippen molar-refractivity contribution >= 4 is 39.2 Å². The summed E-state index contributed by atoms with van der Waals surface area (Å²) < 4.78 is 7.05. The number of carbonyl (C=O) groups is 2. The van der Waals surface area contributed by atoms with E-state index >= 15 is 0 Å². The number of fused-ring (bicyclic) bond motifs is 3. The van der Waals surface area contributed by atoms with E-state index in [0.29, 0.717) is 17.4 Å². The van der Waals surface area contributed by atoms with Crippen LogP contribution in [0.4, 0.5) is 5.13 Å². The predicted octanol–water partition coefficient (Wildman–Crippen LogP) is 3.33. The molecule has 0 atom stereocenters. The van der Waals surface area contributed by atoms with Gasteiger partial charge < -0.3 is 14.6 Å². The first-order chi connectivity index (χ1) is 13.2. The molecule has 2 heterocycles. The Kier molecular flexibility index (Phi) is 4.94. The number of hydrogen-bond donors (Lipinski definition) is 1. The van der Waals surface area contributed by atoms with Gasteiger partial charge in [0.05, 0.1) is 18.7 Å². The number of ether oxygens (including phenoxy) is 1. The van der Waals surface area contributed by atoms with Gasteiger partial charge in [-0.2, -0.15) is 0 Å². The zero-order valence-corrected chi connectivity index (χ0v) is 16.0. The molecule has 0 saturated heterocycles. The topological polar surface area (TPSA) is 73.2 Å². The number of amides is 1. The average molecular weight is 383 g/mol. The van der Waals surface area contributed by atoms with E-state index < -0.39 is 0 Å². The molecule has 0 radical (unpaired) electrons. The smallest absolute Gasteiger partial charge is 0.311 e. The fourth-order valence-corrected chi connectivity index (χ4v) is 4.44. The molecule has 4 rings (SSSR count). The molecule has 0 bridgehead atoms. The second kappa shape index (κ2) is 7.52. The van der Waals surface area contributed by atoms with Crippen molar-refractivity contribution in [3.05, 3.63) is 46.6 Å². The summed E-state index contributed by atoms with van der Waals surface area (Å²) in [4.78, 5) is 28.5. The van der Waals surface area contributed by atoms with Gasteiger partial charge in [0.25, 0.3) is 0 Å². The van der Waals surface area contributed by atoms with E-state index in [1.807, 2.05) is 12.1 Å². The van der Waals surface area contributed by atoms with Crippen LogP contribution in [0.2, 0.25) is 0 Å². The first-order valence-corrected chi connectivity index (χ1v) is 10.0. The average Bonchev–Trinajstić information content (AvgIpc) is 3.34. The Hall–Kier alpha value is -2.67. The zero-order chi connectivity index (χ0) is 18.8. The normalized spacial score (nSPS) is 12.9. The van der Waals surface area contributed by atoms with Crippen LogP contribution in [0.3, 0.4) is 0 Å². The lowest BCUT2D eigenvalue weighted by Crippen LogP contribution is -2.19. The first kappa shape index (κ1) is 17.7. The van der Waals surface area contributed by atoms with Crippen molar-refractivity contribution in [2.45, 2.75) is 39.2 Å². The molecule has 1 amide bonds. The highest BCUT2D eigenvalue weighted by atomic mass is 32.1. The number of esters is 1. The third kappa shape index (κ3) is 3.60. The van der Waals surface area contributed by atoms with Crippen molar-refractivity contribution in [3.63, 3.8) is 0 Å². The number of thiazole rings is 1. The van der Waals surface area contributed by atoms with Crippen molar-refractivity contribution in [1.82, 2.24) is 9.55 Å². The number of rotatable bonds is 6. The van der Waals surface area contributed by atoms with Crippen molar-refractivity contribution in [1.29, 1.82) is 0 Å². The number of aromatic nitrogens is 2. The largest absolute Gasteiger partial charge is 0.466 e. The van der Waals surface area contributed by atoms with Gasteiger partial charge in [0.15, 0.2) is 5.13 Å². The Morgan fingerprint density at radius 2 is 2.15 bits per heavy atom. The molecule has 1 N–H and O–H groups in total. The highest BCUT2D eigenvalue weighted by Crippen LogP contribution is 2.33. The van der Waals surface area contributed by atoms with Gasteiger partial charge in [-0.15, -0.1) is 11.3 Å². The minimum Gasteiger partial charge on any atom is -0.466 e. The number of anilines is 1. The van der Waals surface area contributed by atoms with Crippen LogP contribution in [-0.4, -0.2) is 28.0 Å². The highest BCUT2D eigenvalue weighted by molar-refractivity contribution is 7.13. The minimum absolute atomic E-state index is 0.109. The second-order valence-corrected chi connectivity index (χ2v) is 7.41. The third-order valence-corrected chi connectivity index (χ3v) is 5.57. The van der Waals surface area contributed by atoms with Gasteiger partial charge in [0.1, 0.15) is 6.54 Å². The van der Waals surface area contributed by atoms with Crippen LogP contribution < -0.4 is 5.32 Å². The first-order valence-electron chi connectivity index (χ1n) is 9.14. The fraction of sp³-hybridized carbons (Fsp3) is 0.350. The Labute approximate surface area is 161 Å². The Bertz CT molecular complexity index is 1010. The van der Waals surface area contributed by atoms with Crippen molar-refractivity contribution in [2.24, 2.45) is 0 Å². The molecular formula is C20H21N3O3S. The third-order valence-electron chi connectivity index (χ3n) is 4.77. The SMILES string of the molecule is CCOC(=O)Cc1csc(NC(=O)Cn2c3c(c4ccccc42)CCC3)n1. The van der Waals surface area contributed by atoms with Gasteiger partial charge in [0, 0.05) is 22.0 Å². The maximum absolute atomic E-state index is 12.6. The lowest BCUT2D eigenvalue weighted by Gasteiger charge is -2.09. The number of benzene rings is 1. The zero-order valence-electron chi connectivity index (χ0n) is 15.2. The molecule has 0 aliphatic heterocycles. The maximum atomic E-state index is 12.6. The summed E-state index contributed by atoms with van der Waals surface area (Å²) in [5.74, 6) is -0.419. The molecule has 7 heteroatoms. The lowest BCUT2D eigenvalue weighted by atomic mass is 10.1. The van der Waals surface area contributed by atoms with Gasteiger partial charge in [-0.25, -0.2) is 4.98 Å². The molecule has 3 aromatic rings. The Morgan fingerprint density at radius 1 is 1.30 bits per heavy atom. The molecule has 6 nitrogen and oxygen atoms in total. The monoisotopic (exact) mass is 383 g/mol. The molecule has 140 valence electrons. The molecule has 0 saturated carbocycles.